The zero-order valence-electron chi connectivity index (χ0n) is 7.82. The van der Waals surface area contributed by atoms with Gasteiger partial charge in [0.25, 0.3) is 6.43 Å². The first-order valence-corrected chi connectivity index (χ1v) is 3.96. The Morgan fingerprint density at radius 1 is 1.47 bits per heavy atom. The van der Waals surface area contributed by atoms with Crippen molar-refractivity contribution in [2.75, 3.05) is 5.73 Å². The first kappa shape index (κ1) is 11.6. The highest BCUT2D eigenvalue weighted by molar-refractivity contribution is 5.85. The second-order valence-corrected chi connectivity index (χ2v) is 2.94. The van der Waals surface area contributed by atoms with Gasteiger partial charge < -0.3 is 5.73 Å². The lowest BCUT2D eigenvalue weighted by atomic mass is 10.2. The van der Waals surface area contributed by atoms with Crippen molar-refractivity contribution in [1.29, 1.82) is 0 Å². The molecule has 4 nitrogen and oxygen atoms in total. The van der Waals surface area contributed by atoms with Gasteiger partial charge in [0.2, 0.25) is 0 Å². The van der Waals surface area contributed by atoms with E-state index in [1.54, 1.807) is 7.05 Å². The van der Waals surface area contributed by atoms with Crippen LogP contribution in [0.4, 0.5) is 14.5 Å². The van der Waals surface area contributed by atoms with Crippen molar-refractivity contribution in [3.05, 3.63) is 18.0 Å². The number of alkyl halides is 2. The highest BCUT2D eigenvalue weighted by atomic mass is 35.5. The van der Waals surface area contributed by atoms with Gasteiger partial charge in [-0.3, -0.25) is 4.68 Å². The Hall–Kier alpha value is -1.43. The van der Waals surface area contributed by atoms with Gasteiger partial charge in [-0.05, 0) is 6.07 Å². The average Bonchev–Trinajstić information content (AvgIpc) is 2.46. The van der Waals surface area contributed by atoms with E-state index in [2.05, 4.69) is 10.1 Å². The molecule has 2 aromatic rings. The molecule has 2 aromatic heterocycles. The number of aromatic nitrogens is 3. The number of rotatable bonds is 1. The Bertz CT molecular complexity index is 483. The van der Waals surface area contributed by atoms with Crippen molar-refractivity contribution >= 4 is 29.1 Å². The minimum absolute atomic E-state index is 0. The monoisotopic (exact) mass is 234 g/mol. The normalized spacial score (nSPS) is 10.7. The fourth-order valence-electron chi connectivity index (χ4n) is 1.28. The van der Waals surface area contributed by atoms with Gasteiger partial charge in [-0.15, -0.1) is 12.4 Å². The molecule has 82 valence electrons. The number of hydrogen-bond donors (Lipinski definition) is 1. The van der Waals surface area contributed by atoms with Gasteiger partial charge in [0, 0.05) is 7.05 Å². The van der Waals surface area contributed by atoms with E-state index in [0.717, 1.165) is 0 Å². The molecule has 0 aliphatic rings. The molecule has 2 rings (SSSR count). The molecule has 0 aromatic carbocycles. The summed E-state index contributed by atoms with van der Waals surface area (Å²) in [5.41, 5.74) is 6.12. The molecule has 0 aliphatic heterocycles. The molecule has 2 N–H and O–H groups in total. The van der Waals surface area contributed by atoms with Crippen molar-refractivity contribution in [2.24, 2.45) is 7.05 Å². The smallest absolute Gasteiger partial charge is 0.282 e. The van der Waals surface area contributed by atoms with E-state index in [0.29, 0.717) is 11.0 Å². The van der Waals surface area contributed by atoms with Crippen LogP contribution in [-0.4, -0.2) is 14.8 Å². The van der Waals surface area contributed by atoms with Gasteiger partial charge >= 0.3 is 0 Å². The molecular formula is C8H9ClF2N4. The summed E-state index contributed by atoms with van der Waals surface area (Å²) in [7, 11) is 1.70. The standard InChI is InChI=1S/C8H8F2N4.ClH/c1-14-6-2-4(11)7(8(9)10)13-5(6)3-12-14;/h2-3,8H,11H2,1H3;1H. The maximum absolute atomic E-state index is 12.4. The topological polar surface area (TPSA) is 56.7 Å². The zero-order valence-corrected chi connectivity index (χ0v) is 8.63. The summed E-state index contributed by atoms with van der Waals surface area (Å²) < 4.78 is 26.3. The summed E-state index contributed by atoms with van der Waals surface area (Å²) >= 11 is 0. The number of anilines is 1. The van der Waals surface area contributed by atoms with E-state index in [1.807, 2.05) is 0 Å². The van der Waals surface area contributed by atoms with Crippen molar-refractivity contribution in [3.8, 4) is 0 Å². The van der Waals surface area contributed by atoms with E-state index < -0.39 is 6.43 Å². The number of nitrogens with zero attached hydrogens (tertiary/aromatic N) is 3. The van der Waals surface area contributed by atoms with Crippen LogP contribution < -0.4 is 5.73 Å². The molecule has 0 saturated heterocycles. The van der Waals surface area contributed by atoms with Crippen LogP contribution in [0, 0.1) is 0 Å². The molecule has 2 heterocycles. The van der Waals surface area contributed by atoms with Gasteiger partial charge in [0.15, 0.2) is 0 Å². The van der Waals surface area contributed by atoms with Crippen LogP contribution in [0.3, 0.4) is 0 Å². The first-order valence-electron chi connectivity index (χ1n) is 3.96. The van der Waals surface area contributed by atoms with E-state index >= 15 is 0 Å². The molecule has 0 radical (unpaired) electrons. The minimum Gasteiger partial charge on any atom is -0.397 e. The number of halogens is 3. The molecular weight excluding hydrogens is 226 g/mol. The number of fused-ring (bicyclic) bond motifs is 1. The number of hydrogen-bond acceptors (Lipinski definition) is 3. The zero-order chi connectivity index (χ0) is 10.3. The Morgan fingerprint density at radius 3 is 2.73 bits per heavy atom. The third-order valence-electron chi connectivity index (χ3n) is 2.00. The number of nitrogen functional groups attached to an aromatic ring is 1. The average molecular weight is 235 g/mol. The van der Waals surface area contributed by atoms with Crippen molar-refractivity contribution in [2.45, 2.75) is 6.43 Å². The Labute approximate surface area is 90.5 Å². The third kappa shape index (κ3) is 1.85. The molecule has 0 atom stereocenters. The van der Waals surface area contributed by atoms with Gasteiger partial charge in [-0.2, -0.15) is 5.10 Å². The lowest BCUT2D eigenvalue weighted by Gasteiger charge is -2.03. The number of pyridine rings is 1. The molecule has 0 saturated carbocycles. The summed E-state index contributed by atoms with van der Waals surface area (Å²) in [5.74, 6) is 0. The summed E-state index contributed by atoms with van der Waals surface area (Å²) in [6.45, 7) is 0. The Balaban J connectivity index is 0.00000112. The van der Waals surface area contributed by atoms with E-state index in [-0.39, 0.29) is 23.8 Å². The van der Waals surface area contributed by atoms with Crippen LogP contribution in [0.25, 0.3) is 11.0 Å². The van der Waals surface area contributed by atoms with Crippen LogP contribution in [0.5, 0.6) is 0 Å². The fourth-order valence-corrected chi connectivity index (χ4v) is 1.28. The SMILES string of the molecule is Cl.Cn1ncc2nc(C(F)F)c(N)cc21. The molecule has 0 spiro atoms. The van der Waals surface area contributed by atoms with Crippen molar-refractivity contribution < 1.29 is 8.78 Å². The summed E-state index contributed by atoms with van der Waals surface area (Å²) in [4.78, 5) is 3.74. The predicted octanol–water partition coefficient (Wildman–Crippen LogP) is 1.91. The lowest BCUT2D eigenvalue weighted by molar-refractivity contribution is 0.147. The Morgan fingerprint density at radius 2 is 2.13 bits per heavy atom. The van der Waals surface area contributed by atoms with Gasteiger partial charge in [-0.25, -0.2) is 13.8 Å². The van der Waals surface area contributed by atoms with Crippen molar-refractivity contribution in [3.63, 3.8) is 0 Å². The molecule has 0 amide bonds. The predicted molar refractivity (Wildman–Crippen MR) is 55.1 cm³/mol. The molecule has 0 bridgehead atoms. The summed E-state index contributed by atoms with van der Waals surface area (Å²) in [6, 6.07) is 1.46. The fraction of sp³-hybridized carbons (Fsp3) is 0.250. The number of aryl methyl sites for hydroxylation is 1. The van der Waals surface area contributed by atoms with E-state index in [9.17, 15) is 8.78 Å². The quantitative estimate of drug-likeness (QED) is 0.820. The molecule has 0 unspecified atom stereocenters. The second kappa shape index (κ2) is 3.98. The largest absolute Gasteiger partial charge is 0.397 e. The maximum Gasteiger partial charge on any atom is 0.282 e. The summed E-state index contributed by atoms with van der Waals surface area (Å²) in [5, 5.41) is 3.89. The Kier molecular flexibility index (Phi) is 3.09. The van der Waals surface area contributed by atoms with Crippen LogP contribution in [0.2, 0.25) is 0 Å². The highest BCUT2D eigenvalue weighted by Crippen LogP contribution is 2.25. The lowest BCUT2D eigenvalue weighted by Crippen LogP contribution is -1.99. The minimum atomic E-state index is -2.65. The first-order chi connectivity index (χ1) is 6.59. The highest BCUT2D eigenvalue weighted by Gasteiger charge is 2.15. The van der Waals surface area contributed by atoms with Crippen molar-refractivity contribution in [1.82, 2.24) is 14.8 Å². The maximum atomic E-state index is 12.4. The molecule has 0 aliphatic carbocycles. The van der Waals surface area contributed by atoms with Gasteiger partial charge in [0.1, 0.15) is 11.2 Å². The molecule has 7 heteroatoms. The van der Waals surface area contributed by atoms with Crippen LogP contribution >= 0.6 is 12.4 Å². The van der Waals surface area contributed by atoms with E-state index in [1.165, 1.54) is 16.9 Å². The van der Waals surface area contributed by atoms with Crippen LogP contribution in [-0.2, 0) is 7.05 Å². The van der Waals surface area contributed by atoms with Crippen LogP contribution in [0.15, 0.2) is 12.3 Å². The van der Waals surface area contributed by atoms with Gasteiger partial charge in [-0.1, -0.05) is 0 Å². The molecule has 0 fully saturated rings. The van der Waals surface area contributed by atoms with Crippen LogP contribution in [0.1, 0.15) is 12.1 Å². The van der Waals surface area contributed by atoms with Gasteiger partial charge in [0.05, 0.1) is 17.4 Å². The summed E-state index contributed by atoms with van der Waals surface area (Å²) in [6.07, 6.45) is -1.22. The number of nitrogens with two attached hydrogens (primary N) is 1. The third-order valence-corrected chi connectivity index (χ3v) is 2.00. The molecule has 15 heavy (non-hydrogen) atoms. The second-order valence-electron chi connectivity index (χ2n) is 2.94. The van der Waals surface area contributed by atoms with E-state index in [4.69, 9.17) is 5.73 Å².